The Labute approximate surface area is 98.4 Å². The summed E-state index contributed by atoms with van der Waals surface area (Å²) in [5, 5.41) is 3.66. The summed E-state index contributed by atoms with van der Waals surface area (Å²) in [7, 11) is 0. The first kappa shape index (κ1) is 9.79. The van der Waals surface area contributed by atoms with Gasteiger partial charge in [-0.2, -0.15) is 0 Å². The summed E-state index contributed by atoms with van der Waals surface area (Å²) in [4.78, 5) is 1.25. The Hall–Kier alpha value is -1.41. The zero-order chi connectivity index (χ0) is 11.1. The van der Waals surface area contributed by atoms with Gasteiger partial charge in [0.2, 0.25) is 0 Å². The first-order valence-corrected chi connectivity index (χ1v) is 6.48. The average Bonchev–Trinajstić information content (AvgIpc) is 2.65. The average molecular weight is 228 g/mol. The molecular weight excluding hydrogens is 216 g/mol. The zero-order valence-corrected chi connectivity index (χ0v) is 10.1. The van der Waals surface area contributed by atoms with Crippen molar-refractivity contribution in [1.29, 1.82) is 0 Å². The van der Waals surface area contributed by atoms with Gasteiger partial charge in [-0.05, 0) is 24.6 Å². The highest BCUT2D eigenvalue weighted by molar-refractivity contribution is 7.98. The van der Waals surface area contributed by atoms with Gasteiger partial charge in [-0.3, -0.25) is 0 Å². The second-order valence-electron chi connectivity index (χ2n) is 3.85. The van der Waals surface area contributed by atoms with E-state index in [4.69, 9.17) is 4.42 Å². The van der Waals surface area contributed by atoms with Crippen LogP contribution in [-0.2, 0) is 0 Å². The molecule has 0 spiro atoms. The smallest absolute Gasteiger partial charge is 0.143 e. The van der Waals surface area contributed by atoms with Crippen LogP contribution in [0.1, 0.15) is 5.76 Å². The largest absolute Gasteiger partial charge is 0.460 e. The molecule has 0 radical (unpaired) electrons. The van der Waals surface area contributed by atoms with Crippen LogP contribution in [0.25, 0.3) is 21.7 Å². The van der Waals surface area contributed by atoms with E-state index in [1.807, 2.05) is 6.92 Å². The molecule has 16 heavy (non-hydrogen) atoms. The van der Waals surface area contributed by atoms with Gasteiger partial charge in [0, 0.05) is 10.8 Å². The predicted octanol–water partition coefficient (Wildman–Crippen LogP) is 4.62. The minimum absolute atomic E-state index is 1.01. The van der Waals surface area contributed by atoms with Crippen molar-refractivity contribution in [2.24, 2.45) is 0 Å². The summed E-state index contributed by atoms with van der Waals surface area (Å²) >= 11 is 1.75. The maximum absolute atomic E-state index is 5.88. The Morgan fingerprint density at radius 1 is 1.00 bits per heavy atom. The number of rotatable bonds is 1. The number of hydrogen-bond donors (Lipinski definition) is 0. The molecule has 0 atom stereocenters. The lowest BCUT2D eigenvalue weighted by Crippen LogP contribution is -1.73. The lowest BCUT2D eigenvalue weighted by Gasteiger charge is -1.98. The summed E-state index contributed by atoms with van der Waals surface area (Å²) in [5.41, 5.74) is 1.01. The number of thioether (sulfide) groups is 1. The van der Waals surface area contributed by atoms with Gasteiger partial charge in [-0.1, -0.05) is 30.3 Å². The van der Waals surface area contributed by atoms with Crippen LogP contribution >= 0.6 is 11.8 Å². The molecule has 0 aliphatic carbocycles. The van der Waals surface area contributed by atoms with Crippen LogP contribution in [0.2, 0.25) is 0 Å². The van der Waals surface area contributed by atoms with Gasteiger partial charge in [0.05, 0.1) is 4.90 Å². The molecule has 1 nitrogen and oxygen atoms in total. The zero-order valence-electron chi connectivity index (χ0n) is 9.28. The molecule has 0 saturated carbocycles. The Bertz CT molecular complexity index is 667. The van der Waals surface area contributed by atoms with Gasteiger partial charge in [-0.15, -0.1) is 11.8 Å². The lowest BCUT2D eigenvalue weighted by atomic mass is 10.1. The van der Waals surface area contributed by atoms with E-state index in [0.29, 0.717) is 0 Å². The van der Waals surface area contributed by atoms with Crippen LogP contribution in [0.15, 0.2) is 45.7 Å². The van der Waals surface area contributed by atoms with Crippen molar-refractivity contribution >= 4 is 33.5 Å². The van der Waals surface area contributed by atoms with Crippen LogP contribution in [0.3, 0.4) is 0 Å². The van der Waals surface area contributed by atoms with Gasteiger partial charge in [-0.25, -0.2) is 0 Å². The molecule has 1 aromatic heterocycles. The van der Waals surface area contributed by atoms with Crippen LogP contribution < -0.4 is 0 Å². The van der Waals surface area contributed by atoms with Crippen LogP contribution in [-0.4, -0.2) is 6.26 Å². The molecule has 0 aliphatic heterocycles. The molecular formula is C14H12OS. The SMILES string of the molecule is CSc1c(C)oc2c1ccc1ccccc12. The van der Waals surface area contributed by atoms with Crippen LogP contribution in [0.5, 0.6) is 0 Å². The van der Waals surface area contributed by atoms with E-state index in [1.54, 1.807) is 11.8 Å². The van der Waals surface area contributed by atoms with E-state index < -0.39 is 0 Å². The second kappa shape index (κ2) is 3.56. The Balaban J connectivity index is 2.52. The van der Waals surface area contributed by atoms with E-state index in [9.17, 15) is 0 Å². The highest BCUT2D eigenvalue weighted by Gasteiger charge is 2.11. The van der Waals surface area contributed by atoms with Crippen molar-refractivity contribution < 1.29 is 4.42 Å². The molecule has 0 unspecified atom stereocenters. The third-order valence-corrected chi connectivity index (χ3v) is 3.82. The quantitative estimate of drug-likeness (QED) is 0.564. The molecule has 0 fully saturated rings. The van der Waals surface area contributed by atoms with E-state index in [-0.39, 0.29) is 0 Å². The number of furan rings is 1. The Kier molecular flexibility index (Phi) is 2.18. The van der Waals surface area contributed by atoms with E-state index in [1.165, 1.54) is 21.1 Å². The second-order valence-corrected chi connectivity index (χ2v) is 4.67. The fraction of sp³-hybridized carbons (Fsp3) is 0.143. The van der Waals surface area contributed by atoms with Crippen molar-refractivity contribution in [2.45, 2.75) is 11.8 Å². The molecule has 1 heterocycles. The molecule has 2 aromatic carbocycles. The molecule has 2 heteroatoms. The Morgan fingerprint density at radius 3 is 2.62 bits per heavy atom. The number of aryl methyl sites for hydroxylation is 1. The van der Waals surface area contributed by atoms with Crippen LogP contribution in [0.4, 0.5) is 0 Å². The third-order valence-electron chi connectivity index (χ3n) is 2.90. The maximum atomic E-state index is 5.88. The monoisotopic (exact) mass is 228 g/mol. The van der Waals surface area contributed by atoms with Gasteiger partial charge in [0.1, 0.15) is 11.3 Å². The van der Waals surface area contributed by atoms with E-state index in [0.717, 1.165) is 11.3 Å². The number of fused-ring (bicyclic) bond motifs is 3. The van der Waals surface area contributed by atoms with Crippen molar-refractivity contribution in [3.63, 3.8) is 0 Å². The standard InChI is InChI=1S/C14H12OS/c1-9-14(16-2)12-8-7-10-5-3-4-6-11(10)13(12)15-9/h3-8H,1-2H3. The minimum atomic E-state index is 1.01. The first-order chi connectivity index (χ1) is 7.81. The molecule has 80 valence electrons. The van der Waals surface area contributed by atoms with E-state index >= 15 is 0 Å². The van der Waals surface area contributed by atoms with Crippen LogP contribution in [0, 0.1) is 6.92 Å². The summed E-state index contributed by atoms with van der Waals surface area (Å²) in [5.74, 6) is 1.01. The van der Waals surface area contributed by atoms with Crippen molar-refractivity contribution in [3.05, 3.63) is 42.2 Å². The number of hydrogen-bond acceptors (Lipinski definition) is 2. The van der Waals surface area contributed by atoms with Gasteiger partial charge < -0.3 is 4.42 Å². The molecule has 0 aliphatic rings. The summed E-state index contributed by atoms with van der Waals surface area (Å²) in [6.45, 7) is 2.03. The highest BCUT2D eigenvalue weighted by atomic mass is 32.2. The molecule has 3 aromatic rings. The fourth-order valence-electron chi connectivity index (χ4n) is 2.17. The maximum Gasteiger partial charge on any atom is 0.143 e. The molecule has 0 bridgehead atoms. The van der Waals surface area contributed by atoms with Gasteiger partial charge >= 0.3 is 0 Å². The topological polar surface area (TPSA) is 13.1 Å². The van der Waals surface area contributed by atoms with E-state index in [2.05, 4.69) is 42.7 Å². The van der Waals surface area contributed by atoms with Gasteiger partial charge in [0.15, 0.2) is 0 Å². The van der Waals surface area contributed by atoms with Crippen molar-refractivity contribution in [2.75, 3.05) is 6.26 Å². The van der Waals surface area contributed by atoms with Crippen molar-refractivity contribution in [3.8, 4) is 0 Å². The Morgan fingerprint density at radius 2 is 1.81 bits per heavy atom. The van der Waals surface area contributed by atoms with Crippen molar-refractivity contribution in [1.82, 2.24) is 0 Å². The molecule has 0 amide bonds. The molecule has 0 N–H and O–H groups in total. The summed E-state index contributed by atoms with van der Waals surface area (Å²) in [6.07, 6.45) is 2.09. The third kappa shape index (κ3) is 1.26. The normalized spacial score (nSPS) is 11.4. The first-order valence-electron chi connectivity index (χ1n) is 5.26. The summed E-state index contributed by atoms with van der Waals surface area (Å²) < 4.78 is 5.88. The predicted molar refractivity (Wildman–Crippen MR) is 70.2 cm³/mol. The highest BCUT2D eigenvalue weighted by Crippen LogP contribution is 2.36. The molecule has 0 saturated heterocycles. The fourth-order valence-corrected chi connectivity index (χ4v) is 2.88. The summed E-state index contributed by atoms with van der Waals surface area (Å²) in [6, 6.07) is 12.7. The number of benzene rings is 2. The van der Waals surface area contributed by atoms with Gasteiger partial charge in [0.25, 0.3) is 0 Å². The molecule has 3 rings (SSSR count). The lowest BCUT2D eigenvalue weighted by molar-refractivity contribution is 0.571. The minimum Gasteiger partial charge on any atom is -0.460 e.